The Morgan fingerprint density at radius 2 is 0.896 bits per heavy atom. The van der Waals surface area contributed by atoms with E-state index >= 15 is 0 Å². The van der Waals surface area contributed by atoms with Crippen molar-refractivity contribution in [2.75, 3.05) is 118 Å². The summed E-state index contributed by atoms with van der Waals surface area (Å²) in [4.78, 5) is 79.3. The van der Waals surface area contributed by atoms with Crippen LogP contribution in [-0.2, 0) is 46.0 Å². The minimum absolute atomic E-state index is 0.0256. The molecule has 4 aliphatic heterocycles. The minimum atomic E-state index is -1.31. The molecule has 10 aromatic rings. The fourth-order valence-corrected chi connectivity index (χ4v) is 11.2. The molecule has 10 heterocycles. The van der Waals surface area contributed by atoms with Crippen molar-refractivity contribution in [3.8, 4) is 57.8 Å². The molecule has 106 heavy (non-hydrogen) atoms. The number of halogens is 5. The number of ether oxygens (including phenoxy) is 4. The monoisotopic (exact) mass is 1460 g/mol. The molecule has 14 rings (SSSR count). The third-order valence-corrected chi connectivity index (χ3v) is 16.6. The van der Waals surface area contributed by atoms with Crippen LogP contribution in [0.25, 0.3) is 45.7 Å². The number of Topliss-reactive ketones (excluding diaryl/α,β-unsaturated/α-hetero) is 1. The largest absolute Gasteiger partial charge is 0.476 e. The lowest BCUT2D eigenvalue weighted by Crippen LogP contribution is -2.37. The van der Waals surface area contributed by atoms with Crippen LogP contribution in [0.15, 0.2) is 153 Å². The maximum absolute atomic E-state index is 14.8. The van der Waals surface area contributed by atoms with E-state index in [0.717, 1.165) is 49.8 Å². The van der Waals surface area contributed by atoms with Gasteiger partial charge in [0.25, 0.3) is 0 Å². The number of carbonyl (C=O) groups is 2. The Kier molecular flexibility index (Phi) is 28.3. The predicted octanol–water partition coefficient (Wildman–Crippen LogP) is 9.33. The first-order valence-corrected chi connectivity index (χ1v) is 33.4. The summed E-state index contributed by atoms with van der Waals surface area (Å²) in [5, 5.41) is 26.2. The molecule has 0 radical (unpaired) electrons. The van der Waals surface area contributed by atoms with E-state index in [-0.39, 0.29) is 111 Å². The third kappa shape index (κ3) is 20.4. The molecule has 4 aromatic carbocycles. The van der Waals surface area contributed by atoms with E-state index in [2.05, 4.69) is 39.7 Å². The Balaban J connectivity index is 0.000000161. The van der Waals surface area contributed by atoms with E-state index in [4.69, 9.17) is 55.5 Å². The van der Waals surface area contributed by atoms with Gasteiger partial charge >= 0.3 is 5.97 Å². The summed E-state index contributed by atoms with van der Waals surface area (Å²) in [6, 6.07) is 27.1. The number of carboxylic acids is 1. The molecule has 7 N–H and O–H groups in total. The summed E-state index contributed by atoms with van der Waals surface area (Å²) in [7, 11) is 3.17. The van der Waals surface area contributed by atoms with Crippen LogP contribution in [0, 0.1) is 51.7 Å². The topological polar surface area (TPSA) is 374 Å². The second kappa shape index (κ2) is 38.4. The van der Waals surface area contributed by atoms with E-state index in [1.807, 2.05) is 23.1 Å². The van der Waals surface area contributed by atoms with Crippen LogP contribution in [-0.4, -0.2) is 148 Å². The zero-order valence-electron chi connectivity index (χ0n) is 57.8. The number of nitrogens with two attached hydrogens (primary N) is 3. The molecule has 4 saturated heterocycles. The second-order valence-electron chi connectivity index (χ2n) is 23.6. The summed E-state index contributed by atoms with van der Waals surface area (Å²) in [5.74, 6) is -4.40. The zero-order chi connectivity index (χ0) is 75.7. The van der Waals surface area contributed by atoms with Gasteiger partial charge in [-0.15, -0.1) is 0 Å². The van der Waals surface area contributed by atoms with Crippen LogP contribution < -0.4 is 43.0 Å². The van der Waals surface area contributed by atoms with E-state index < -0.39 is 29.0 Å². The molecular weight excluding hydrogens is 1380 g/mol. The SMILES string of the molecule is C1CCOCC1.Cn1cc(-c2nc(C(=O)CCc3c(F)cccc3N3CCOCC3)c(N)nc2-c2ncco2)ccc1=O.Cn1cc(-c2nc(C(=O)O)c(N)nc2-c2ncco2)ccc1=O.N#Cc1c(F)cccc1F.N#Cc1c(F)cccc1N1CCOCC1.NCc1c(F)cccc1N1CCOCC1. The van der Waals surface area contributed by atoms with Gasteiger partial charge in [0, 0.05) is 138 Å². The molecule has 0 unspecified atom stereocenters. The first-order valence-electron chi connectivity index (χ1n) is 33.4. The Bertz CT molecular complexity index is 4810. The molecule has 4 fully saturated rings. The Hall–Kier alpha value is -12.1. The van der Waals surface area contributed by atoms with Gasteiger partial charge in [-0.2, -0.15) is 10.5 Å². The van der Waals surface area contributed by atoms with Crippen molar-refractivity contribution in [3.05, 3.63) is 218 Å². The number of anilines is 5. The van der Waals surface area contributed by atoms with Crippen molar-refractivity contribution in [2.45, 2.75) is 38.6 Å². The minimum Gasteiger partial charge on any atom is -0.476 e. The zero-order valence-corrected chi connectivity index (χ0v) is 57.8. The molecule has 0 spiro atoms. The molecule has 6 aromatic heterocycles. The molecule has 27 nitrogen and oxygen atoms in total. The van der Waals surface area contributed by atoms with Crippen LogP contribution in [0.1, 0.15) is 68.9 Å². The van der Waals surface area contributed by atoms with Crippen molar-refractivity contribution in [1.29, 1.82) is 10.5 Å². The first-order chi connectivity index (χ1) is 51.3. The molecule has 0 aliphatic carbocycles. The van der Waals surface area contributed by atoms with Gasteiger partial charge in [0.1, 0.15) is 82.0 Å². The van der Waals surface area contributed by atoms with Gasteiger partial charge in [-0.05, 0) is 86.3 Å². The van der Waals surface area contributed by atoms with Crippen molar-refractivity contribution >= 4 is 40.5 Å². The summed E-state index contributed by atoms with van der Waals surface area (Å²) in [6.07, 6.45) is 12.8. The predicted molar refractivity (Wildman–Crippen MR) is 381 cm³/mol. The maximum atomic E-state index is 14.8. The lowest BCUT2D eigenvalue weighted by atomic mass is 10.0. The number of ketones is 1. The fourth-order valence-electron chi connectivity index (χ4n) is 11.2. The summed E-state index contributed by atoms with van der Waals surface area (Å²) < 4.78 is 101. The van der Waals surface area contributed by atoms with Crippen LogP contribution >= 0.6 is 0 Å². The van der Waals surface area contributed by atoms with Crippen LogP contribution in [0.4, 0.5) is 50.6 Å². The first kappa shape index (κ1) is 78.1. The highest BCUT2D eigenvalue weighted by Crippen LogP contribution is 2.33. The Morgan fingerprint density at radius 3 is 1.29 bits per heavy atom. The summed E-state index contributed by atoms with van der Waals surface area (Å²) in [5.41, 5.74) is 21.4. The van der Waals surface area contributed by atoms with Crippen LogP contribution in [0.3, 0.4) is 0 Å². The number of morpholine rings is 3. The standard InChI is InChI=1S/C26H25FN6O4.C14H11N5O4.C11H15FN2O.C11H11FN2O.C7H3F2N.C5H10O/c1-32-15-16(5-8-21(32)35)22-24(26-29-9-12-37-26)31-25(28)23(30-22)20(34)7-6-17-18(27)3-2-4-19(17)33-10-13-36-14-11-33;1-19-6-7(2-3-8(19)20)9-10(13-16-4-5-23-13)18-12(15)11(17-9)14(21)22;2*12-10-2-1-3-11(9(10)8-13)14-4-6-15-7-5-14;8-6-2-1-3-7(9)5(6)4-10;1-2-4-6-5-3-1/h2-5,8-9,12,15H,6-7,10-11,13-14H2,1H3,(H2,28,31);2-6H,1H3,(H2,15,18)(H,21,22);1-3H,4-8,13H2;1-3H,4-7H2;1-3H;1-5H2. The number of oxazole rings is 2. The highest BCUT2D eigenvalue weighted by atomic mass is 19.1. The van der Waals surface area contributed by atoms with Crippen molar-refractivity contribution in [3.63, 3.8) is 0 Å². The van der Waals surface area contributed by atoms with Gasteiger partial charge in [-0.3, -0.25) is 14.4 Å². The number of hydrogen-bond donors (Lipinski definition) is 4. The number of carboxylic acid groups (broad SMARTS) is 1. The number of aryl methyl sites for hydroxylation is 2. The van der Waals surface area contributed by atoms with Gasteiger partial charge in [0.2, 0.25) is 22.9 Å². The molecule has 0 bridgehead atoms. The summed E-state index contributed by atoms with van der Waals surface area (Å²) >= 11 is 0. The Morgan fingerprint density at radius 1 is 0.500 bits per heavy atom. The van der Waals surface area contributed by atoms with Crippen molar-refractivity contribution < 1.29 is 64.4 Å². The highest BCUT2D eigenvalue weighted by molar-refractivity contribution is 5.99. The molecule has 0 atom stereocenters. The number of hydrogen-bond acceptors (Lipinski definition) is 24. The normalized spacial score (nSPS) is 13.9. The average Bonchev–Trinajstić information content (AvgIpc) is 1.22. The number of aromatic nitrogens is 8. The van der Waals surface area contributed by atoms with Crippen molar-refractivity contribution in [1.82, 2.24) is 39.0 Å². The number of nitrogens with zero attached hydrogens (tertiary/aromatic N) is 13. The number of aromatic carboxylic acids is 1. The Labute approximate surface area is 604 Å². The average molecular weight is 1460 g/mol. The number of nitriles is 2. The van der Waals surface area contributed by atoms with Gasteiger partial charge in [0.15, 0.2) is 34.5 Å². The molecule has 0 amide bonds. The van der Waals surface area contributed by atoms with E-state index in [9.17, 15) is 46.2 Å². The van der Waals surface area contributed by atoms with Crippen LogP contribution in [0.2, 0.25) is 0 Å². The van der Waals surface area contributed by atoms with Crippen molar-refractivity contribution in [2.24, 2.45) is 19.8 Å². The number of nitrogen functional groups attached to an aromatic ring is 2. The van der Waals surface area contributed by atoms with Gasteiger partial charge in [-0.1, -0.05) is 24.3 Å². The van der Waals surface area contributed by atoms with Crippen LogP contribution in [0.5, 0.6) is 0 Å². The molecule has 0 saturated carbocycles. The van der Waals surface area contributed by atoms with E-state index in [0.29, 0.717) is 93.8 Å². The third-order valence-electron chi connectivity index (χ3n) is 16.6. The van der Waals surface area contributed by atoms with Gasteiger partial charge < -0.3 is 73.9 Å². The number of pyridine rings is 2. The number of carbonyl (C=O) groups excluding carboxylic acids is 1. The molecular formula is C74H75F5N16O11. The lowest BCUT2D eigenvalue weighted by Gasteiger charge is -2.30. The van der Waals surface area contributed by atoms with E-state index in [1.165, 1.54) is 108 Å². The summed E-state index contributed by atoms with van der Waals surface area (Å²) in [6.45, 7) is 10.3. The molecule has 32 heteroatoms. The smallest absolute Gasteiger partial charge is 0.358 e. The quantitative estimate of drug-likeness (QED) is 0.0616. The second-order valence-corrected chi connectivity index (χ2v) is 23.6. The molecule has 552 valence electrons. The lowest BCUT2D eigenvalue weighted by molar-refractivity contribution is 0.0691. The number of benzene rings is 4. The highest BCUT2D eigenvalue weighted by Gasteiger charge is 2.27. The van der Waals surface area contributed by atoms with Gasteiger partial charge in [0.05, 0.1) is 57.7 Å². The maximum Gasteiger partial charge on any atom is 0.358 e. The number of rotatable bonds is 13. The van der Waals surface area contributed by atoms with E-state index in [1.54, 1.807) is 50.6 Å². The molecule has 4 aliphatic rings. The fraction of sp³-hybridized carbons (Fsp3) is 0.297. The van der Waals surface area contributed by atoms with Gasteiger partial charge in [-0.25, -0.2) is 56.7 Å².